The van der Waals surface area contributed by atoms with Gasteiger partial charge in [0.1, 0.15) is 0 Å². The summed E-state index contributed by atoms with van der Waals surface area (Å²) in [5.41, 5.74) is 3.59. The molecule has 0 spiro atoms. The van der Waals surface area contributed by atoms with Gasteiger partial charge in [-0.2, -0.15) is 0 Å². The summed E-state index contributed by atoms with van der Waals surface area (Å²) < 4.78 is 0. The molecular weight excluding hydrogens is 186 g/mol. The lowest BCUT2D eigenvalue weighted by molar-refractivity contribution is 1.48. The van der Waals surface area contributed by atoms with Gasteiger partial charge in [0.15, 0.2) is 0 Å². The molecule has 0 atom stereocenters. The molecule has 72 valence electrons. The third kappa shape index (κ3) is 0.722. The van der Waals surface area contributed by atoms with Gasteiger partial charge in [-0.25, -0.2) is 0 Å². The molecule has 15 heavy (non-hydrogen) atoms. The lowest BCUT2D eigenvalue weighted by Gasteiger charge is -1.97. The van der Waals surface area contributed by atoms with Gasteiger partial charge < -0.3 is 15.0 Å². The minimum absolute atomic E-state index is 1.20. The maximum absolute atomic E-state index is 3.29. The zero-order valence-electron chi connectivity index (χ0n) is 7.96. The average molecular weight is 195 g/mol. The molecule has 3 nitrogen and oxygen atoms in total. The van der Waals surface area contributed by atoms with E-state index in [4.69, 9.17) is 0 Å². The van der Waals surface area contributed by atoms with E-state index < -0.39 is 0 Å². The van der Waals surface area contributed by atoms with Crippen molar-refractivity contribution in [2.75, 3.05) is 0 Å². The summed E-state index contributed by atoms with van der Waals surface area (Å²) in [6, 6.07) is 6.34. The smallest absolute Gasteiger partial charge is 0.0570 e. The second kappa shape index (κ2) is 2.25. The lowest BCUT2D eigenvalue weighted by atomic mass is 10.1. The van der Waals surface area contributed by atoms with Crippen LogP contribution in [0.3, 0.4) is 0 Å². The predicted octanol–water partition coefficient (Wildman–Crippen LogP) is 3.13. The minimum Gasteiger partial charge on any atom is -0.361 e. The fourth-order valence-electron chi connectivity index (χ4n) is 2.40. The van der Waals surface area contributed by atoms with Gasteiger partial charge in [0.05, 0.1) is 16.6 Å². The fourth-order valence-corrected chi connectivity index (χ4v) is 2.40. The van der Waals surface area contributed by atoms with E-state index in [1.165, 1.54) is 32.7 Å². The second-order valence-corrected chi connectivity index (χ2v) is 3.80. The highest BCUT2D eigenvalue weighted by molar-refractivity contribution is 6.22. The van der Waals surface area contributed by atoms with Gasteiger partial charge in [-0.15, -0.1) is 0 Å². The number of rotatable bonds is 0. The Morgan fingerprint density at radius 1 is 0.533 bits per heavy atom. The van der Waals surface area contributed by atoms with Crippen molar-refractivity contribution >= 4 is 32.7 Å². The Hall–Kier alpha value is -2.16. The van der Waals surface area contributed by atoms with E-state index in [0.717, 1.165) is 0 Å². The Labute approximate surface area is 85.1 Å². The van der Waals surface area contributed by atoms with E-state index in [1.54, 1.807) is 0 Å². The third-order valence-electron chi connectivity index (χ3n) is 3.05. The van der Waals surface area contributed by atoms with Crippen LogP contribution in [-0.4, -0.2) is 15.0 Å². The number of aromatic amines is 3. The molecule has 4 aromatic rings. The van der Waals surface area contributed by atoms with Crippen molar-refractivity contribution in [1.29, 1.82) is 0 Å². The van der Waals surface area contributed by atoms with Gasteiger partial charge in [0.2, 0.25) is 0 Å². The monoisotopic (exact) mass is 195 g/mol. The zero-order chi connectivity index (χ0) is 9.83. The molecule has 1 aromatic carbocycles. The van der Waals surface area contributed by atoms with Crippen LogP contribution in [-0.2, 0) is 0 Å². The normalized spacial score (nSPS) is 12.0. The van der Waals surface area contributed by atoms with E-state index in [-0.39, 0.29) is 0 Å². The Kier molecular flexibility index (Phi) is 1.08. The Bertz CT molecular complexity index is 575. The highest BCUT2D eigenvalue weighted by Crippen LogP contribution is 2.32. The largest absolute Gasteiger partial charge is 0.361 e. The summed E-state index contributed by atoms with van der Waals surface area (Å²) in [5, 5.41) is 3.76. The number of hydrogen-bond acceptors (Lipinski definition) is 0. The number of benzene rings is 1. The van der Waals surface area contributed by atoms with E-state index in [0.29, 0.717) is 0 Å². The highest BCUT2D eigenvalue weighted by Gasteiger charge is 2.09. The van der Waals surface area contributed by atoms with Gasteiger partial charge in [0, 0.05) is 34.7 Å². The van der Waals surface area contributed by atoms with Gasteiger partial charge in [-0.1, -0.05) is 0 Å². The molecule has 0 aliphatic rings. The molecule has 0 radical (unpaired) electrons. The molecule has 0 amide bonds. The molecule has 4 rings (SSSR count). The van der Waals surface area contributed by atoms with Crippen LogP contribution >= 0.6 is 0 Å². The van der Waals surface area contributed by atoms with Crippen molar-refractivity contribution < 1.29 is 0 Å². The molecule has 3 aromatic heterocycles. The molecule has 0 unspecified atom stereocenters. The van der Waals surface area contributed by atoms with E-state index in [9.17, 15) is 0 Å². The van der Waals surface area contributed by atoms with Crippen LogP contribution in [0.2, 0.25) is 0 Å². The number of fused-ring (bicyclic) bond motifs is 6. The first-order chi connectivity index (χ1) is 7.45. The van der Waals surface area contributed by atoms with Crippen molar-refractivity contribution in [1.82, 2.24) is 15.0 Å². The molecule has 3 heterocycles. The molecule has 0 aliphatic heterocycles. The highest BCUT2D eigenvalue weighted by atomic mass is 14.7. The third-order valence-corrected chi connectivity index (χ3v) is 3.05. The quantitative estimate of drug-likeness (QED) is 0.386. The first kappa shape index (κ1) is 7.17. The van der Waals surface area contributed by atoms with Crippen LogP contribution in [0.5, 0.6) is 0 Å². The fraction of sp³-hybridized carbons (Fsp3) is 0. The average Bonchev–Trinajstić information content (AvgIpc) is 2.97. The van der Waals surface area contributed by atoms with Crippen molar-refractivity contribution in [2.24, 2.45) is 0 Å². The topological polar surface area (TPSA) is 47.4 Å². The van der Waals surface area contributed by atoms with Crippen molar-refractivity contribution in [2.45, 2.75) is 0 Å². The number of nitrogens with one attached hydrogen (secondary N) is 3. The van der Waals surface area contributed by atoms with Crippen LogP contribution in [0.1, 0.15) is 0 Å². The van der Waals surface area contributed by atoms with E-state index in [1.807, 2.05) is 18.6 Å². The molecule has 3 N–H and O–H groups in total. The number of aromatic nitrogens is 3. The van der Waals surface area contributed by atoms with E-state index in [2.05, 4.69) is 33.2 Å². The molecule has 0 aliphatic carbocycles. The minimum atomic E-state index is 1.20. The zero-order valence-corrected chi connectivity index (χ0v) is 7.96. The summed E-state index contributed by atoms with van der Waals surface area (Å²) >= 11 is 0. The second-order valence-electron chi connectivity index (χ2n) is 3.80. The van der Waals surface area contributed by atoms with Crippen molar-refractivity contribution in [3.63, 3.8) is 0 Å². The summed E-state index contributed by atoms with van der Waals surface area (Å²) in [7, 11) is 0. The molecule has 0 saturated heterocycles. The molecule has 0 saturated carbocycles. The summed E-state index contributed by atoms with van der Waals surface area (Å²) in [5.74, 6) is 0. The van der Waals surface area contributed by atoms with Crippen LogP contribution < -0.4 is 0 Å². The maximum Gasteiger partial charge on any atom is 0.0570 e. The van der Waals surface area contributed by atoms with Crippen LogP contribution in [0, 0.1) is 0 Å². The summed E-state index contributed by atoms with van der Waals surface area (Å²) in [6.45, 7) is 0. The van der Waals surface area contributed by atoms with Crippen LogP contribution in [0.25, 0.3) is 32.7 Å². The first-order valence-electron chi connectivity index (χ1n) is 4.98. The predicted molar refractivity (Wildman–Crippen MR) is 62.0 cm³/mol. The van der Waals surface area contributed by atoms with Crippen LogP contribution in [0.4, 0.5) is 0 Å². The van der Waals surface area contributed by atoms with Crippen molar-refractivity contribution in [3.8, 4) is 0 Å². The maximum atomic E-state index is 3.29. The van der Waals surface area contributed by atoms with Gasteiger partial charge >= 0.3 is 0 Å². The Morgan fingerprint density at radius 3 is 1.20 bits per heavy atom. The number of hydrogen-bond donors (Lipinski definition) is 3. The first-order valence-corrected chi connectivity index (χ1v) is 4.98. The van der Waals surface area contributed by atoms with Gasteiger partial charge in [-0.05, 0) is 18.2 Å². The summed E-state index contributed by atoms with van der Waals surface area (Å²) in [6.07, 6.45) is 5.95. The number of H-pyrrole nitrogens is 3. The lowest BCUT2D eigenvalue weighted by Crippen LogP contribution is -1.75. The Balaban J connectivity index is 2.56. The molecule has 0 bridgehead atoms. The van der Waals surface area contributed by atoms with E-state index >= 15 is 0 Å². The van der Waals surface area contributed by atoms with Crippen LogP contribution in [0.15, 0.2) is 36.8 Å². The molecular formula is C12H9N3. The van der Waals surface area contributed by atoms with Crippen molar-refractivity contribution in [3.05, 3.63) is 36.8 Å². The Morgan fingerprint density at radius 2 is 0.867 bits per heavy atom. The molecule has 0 fully saturated rings. The van der Waals surface area contributed by atoms with Gasteiger partial charge in [0.25, 0.3) is 0 Å². The van der Waals surface area contributed by atoms with Gasteiger partial charge in [-0.3, -0.25) is 0 Å². The standard InChI is InChI=1S/C12H9N3/c1-4-13-10-7(1)11-9(2-5-14-11)12-8(10)3-6-15-12/h1-6,13-15H. The molecule has 3 heteroatoms. The SMILES string of the molecule is c1cc2c([nH]1)c1cc[nH]c1c1cc[nH]c21. The summed E-state index contributed by atoms with van der Waals surface area (Å²) in [4.78, 5) is 9.87.